The molecule has 0 saturated carbocycles. The van der Waals surface area contributed by atoms with Crippen LogP contribution in [0.2, 0.25) is 5.02 Å². The number of aliphatic hydroxyl groups is 1. The second-order valence-corrected chi connectivity index (χ2v) is 9.17. The molecular weight excluding hydrogens is 456 g/mol. The number of halogens is 1. The van der Waals surface area contributed by atoms with E-state index in [1.54, 1.807) is 19.2 Å². The number of nitrogens with one attached hydrogen (secondary N) is 1. The van der Waals surface area contributed by atoms with E-state index in [1.807, 2.05) is 26.8 Å². The second-order valence-electron chi connectivity index (χ2n) is 8.76. The SMILES string of the molecule is CNC[C@@H](O)COc1ccc(Cl)c(-c2nc(C[C@@H]3CCOC3)c(C)c(-c3c(C)noc3C)n2)c1. The Bertz CT molecular complexity index is 1120. The summed E-state index contributed by atoms with van der Waals surface area (Å²) in [5.74, 6) is 2.23. The molecule has 0 radical (unpaired) electrons. The van der Waals surface area contributed by atoms with Crippen molar-refractivity contribution < 1.29 is 19.1 Å². The Hall–Kier alpha value is -2.52. The van der Waals surface area contributed by atoms with Gasteiger partial charge in [-0.25, -0.2) is 9.97 Å². The van der Waals surface area contributed by atoms with Crippen LogP contribution in [-0.2, 0) is 11.2 Å². The van der Waals surface area contributed by atoms with Crippen LogP contribution in [0.25, 0.3) is 22.6 Å². The third kappa shape index (κ3) is 5.41. The Labute approximate surface area is 204 Å². The zero-order chi connectivity index (χ0) is 24.2. The molecule has 2 atom stereocenters. The number of rotatable bonds is 9. The van der Waals surface area contributed by atoms with Crippen molar-refractivity contribution in [2.45, 2.75) is 39.7 Å². The number of benzene rings is 1. The lowest BCUT2D eigenvalue weighted by molar-refractivity contribution is 0.108. The third-order valence-corrected chi connectivity index (χ3v) is 6.41. The number of aryl methyl sites for hydroxylation is 2. The van der Waals surface area contributed by atoms with E-state index in [2.05, 4.69) is 10.5 Å². The molecule has 1 saturated heterocycles. The average Bonchev–Trinajstić information content (AvgIpc) is 3.44. The first-order valence-electron chi connectivity index (χ1n) is 11.5. The first kappa shape index (κ1) is 24.6. The Morgan fingerprint density at radius 2 is 2.09 bits per heavy atom. The van der Waals surface area contributed by atoms with Gasteiger partial charge in [0.1, 0.15) is 24.2 Å². The largest absolute Gasteiger partial charge is 0.491 e. The van der Waals surface area contributed by atoms with Crippen molar-refractivity contribution in [2.24, 2.45) is 5.92 Å². The molecule has 0 aliphatic carbocycles. The summed E-state index contributed by atoms with van der Waals surface area (Å²) in [6, 6.07) is 5.36. The van der Waals surface area contributed by atoms with Gasteiger partial charge in [0, 0.05) is 31.0 Å². The molecular formula is C25H31ClN4O4. The van der Waals surface area contributed by atoms with Gasteiger partial charge < -0.3 is 24.4 Å². The minimum absolute atomic E-state index is 0.161. The fourth-order valence-electron chi connectivity index (χ4n) is 4.22. The quantitative estimate of drug-likeness (QED) is 0.469. The molecule has 1 fully saturated rings. The van der Waals surface area contributed by atoms with E-state index in [9.17, 15) is 5.11 Å². The molecule has 0 amide bonds. The molecule has 0 bridgehead atoms. The van der Waals surface area contributed by atoms with Crippen LogP contribution in [0.4, 0.5) is 0 Å². The second kappa shape index (κ2) is 10.8. The predicted molar refractivity (Wildman–Crippen MR) is 130 cm³/mol. The van der Waals surface area contributed by atoms with Crippen LogP contribution in [0.5, 0.6) is 5.75 Å². The van der Waals surface area contributed by atoms with Gasteiger partial charge >= 0.3 is 0 Å². The maximum absolute atomic E-state index is 9.98. The highest BCUT2D eigenvalue weighted by atomic mass is 35.5. The summed E-state index contributed by atoms with van der Waals surface area (Å²) in [5, 5.41) is 17.6. The van der Waals surface area contributed by atoms with E-state index in [4.69, 9.17) is 35.6 Å². The van der Waals surface area contributed by atoms with Gasteiger partial charge in [0.15, 0.2) is 5.82 Å². The highest BCUT2D eigenvalue weighted by Crippen LogP contribution is 2.35. The van der Waals surface area contributed by atoms with Crippen LogP contribution in [0.1, 0.15) is 29.1 Å². The van der Waals surface area contributed by atoms with Crippen molar-refractivity contribution in [3.8, 4) is 28.4 Å². The summed E-state index contributed by atoms with van der Waals surface area (Å²) in [6.07, 6.45) is 1.19. The topological polar surface area (TPSA) is 103 Å². The smallest absolute Gasteiger partial charge is 0.161 e. The normalized spacial score (nSPS) is 16.7. The number of aliphatic hydroxyl groups excluding tert-OH is 1. The maximum Gasteiger partial charge on any atom is 0.161 e. The number of likely N-dealkylation sites (N-methyl/N-ethyl adjacent to an activating group) is 1. The molecule has 0 spiro atoms. The van der Waals surface area contributed by atoms with Crippen molar-refractivity contribution in [1.29, 1.82) is 0 Å². The van der Waals surface area contributed by atoms with Gasteiger partial charge in [-0.05, 0) is 70.3 Å². The van der Waals surface area contributed by atoms with Crippen molar-refractivity contribution >= 4 is 11.6 Å². The number of nitrogens with zero attached hydrogens (tertiary/aromatic N) is 3. The van der Waals surface area contributed by atoms with Crippen LogP contribution in [-0.4, -0.2) is 59.7 Å². The lowest BCUT2D eigenvalue weighted by atomic mass is 9.96. The van der Waals surface area contributed by atoms with Gasteiger partial charge in [-0.1, -0.05) is 16.8 Å². The van der Waals surface area contributed by atoms with Gasteiger partial charge in [0.2, 0.25) is 0 Å². The fraction of sp³-hybridized carbons (Fsp3) is 0.480. The summed E-state index contributed by atoms with van der Waals surface area (Å²) in [5.41, 5.74) is 5.08. The van der Waals surface area contributed by atoms with Gasteiger partial charge in [-0.15, -0.1) is 0 Å². The molecule has 3 aromatic rings. The monoisotopic (exact) mass is 486 g/mol. The van der Waals surface area contributed by atoms with Gasteiger partial charge in [0.05, 0.1) is 22.0 Å². The molecule has 0 unspecified atom stereocenters. The lowest BCUT2D eigenvalue weighted by Crippen LogP contribution is -2.29. The van der Waals surface area contributed by atoms with Gasteiger partial charge in [-0.2, -0.15) is 0 Å². The van der Waals surface area contributed by atoms with Crippen LogP contribution >= 0.6 is 11.6 Å². The molecule has 2 aromatic heterocycles. The fourth-order valence-corrected chi connectivity index (χ4v) is 4.42. The van der Waals surface area contributed by atoms with Crippen molar-refractivity contribution in [1.82, 2.24) is 20.4 Å². The van der Waals surface area contributed by atoms with Crippen molar-refractivity contribution in [2.75, 3.05) is 33.4 Å². The summed E-state index contributed by atoms with van der Waals surface area (Å²) in [7, 11) is 1.78. The van der Waals surface area contributed by atoms with Crippen molar-refractivity contribution in [3.05, 3.63) is 45.9 Å². The summed E-state index contributed by atoms with van der Waals surface area (Å²) < 4.78 is 16.8. The lowest BCUT2D eigenvalue weighted by Gasteiger charge is -2.16. The Morgan fingerprint density at radius 3 is 2.76 bits per heavy atom. The molecule has 34 heavy (non-hydrogen) atoms. The van der Waals surface area contributed by atoms with Crippen LogP contribution < -0.4 is 10.1 Å². The van der Waals surface area contributed by atoms with Gasteiger partial charge in [-0.3, -0.25) is 0 Å². The number of hydrogen-bond acceptors (Lipinski definition) is 8. The highest BCUT2D eigenvalue weighted by molar-refractivity contribution is 6.33. The first-order valence-corrected chi connectivity index (χ1v) is 11.9. The van der Waals surface area contributed by atoms with Crippen LogP contribution in [0.3, 0.4) is 0 Å². The van der Waals surface area contributed by atoms with E-state index in [0.29, 0.717) is 40.4 Å². The zero-order valence-electron chi connectivity index (χ0n) is 20.0. The zero-order valence-corrected chi connectivity index (χ0v) is 20.8. The van der Waals surface area contributed by atoms with E-state index in [0.717, 1.165) is 54.3 Å². The molecule has 1 aromatic carbocycles. The summed E-state index contributed by atoms with van der Waals surface area (Å²) in [4.78, 5) is 9.87. The van der Waals surface area contributed by atoms with E-state index in [1.165, 1.54) is 0 Å². The van der Waals surface area contributed by atoms with Crippen LogP contribution in [0.15, 0.2) is 22.7 Å². The van der Waals surface area contributed by atoms with Crippen LogP contribution in [0, 0.1) is 26.7 Å². The molecule has 2 N–H and O–H groups in total. The molecule has 182 valence electrons. The number of aromatic nitrogens is 3. The number of ether oxygens (including phenoxy) is 2. The Balaban J connectivity index is 1.76. The molecule has 4 rings (SSSR count). The van der Waals surface area contributed by atoms with Crippen molar-refractivity contribution in [3.63, 3.8) is 0 Å². The van der Waals surface area contributed by atoms with E-state index in [-0.39, 0.29) is 6.61 Å². The molecule has 3 heterocycles. The predicted octanol–water partition coefficient (Wildman–Crippen LogP) is 3.92. The van der Waals surface area contributed by atoms with E-state index < -0.39 is 6.10 Å². The minimum Gasteiger partial charge on any atom is -0.491 e. The Morgan fingerprint density at radius 1 is 1.26 bits per heavy atom. The summed E-state index contributed by atoms with van der Waals surface area (Å²) >= 11 is 6.60. The molecule has 1 aliphatic heterocycles. The maximum atomic E-state index is 9.98. The minimum atomic E-state index is -0.619. The van der Waals surface area contributed by atoms with Gasteiger partial charge in [0.25, 0.3) is 0 Å². The summed E-state index contributed by atoms with van der Waals surface area (Å²) in [6.45, 7) is 7.96. The molecule has 9 heteroatoms. The molecule has 1 aliphatic rings. The standard InChI is InChI=1S/C25H31ClN4O4/c1-14-22(9-17-7-8-32-12-17)28-25(29-24(14)23-15(2)30-34-16(23)3)20-10-19(5-6-21(20)26)33-13-18(31)11-27-4/h5-6,10,17-18,27,31H,7-9,11-13H2,1-4H3/t17-,18+/m0/s1. The third-order valence-electron chi connectivity index (χ3n) is 6.08. The van der Waals surface area contributed by atoms with E-state index >= 15 is 0 Å². The Kier molecular flexibility index (Phi) is 7.83. The number of hydrogen-bond donors (Lipinski definition) is 2. The average molecular weight is 487 g/mol. The molecule has 8 nitrogen and oxygen atoms in total. The highest BCUT2D eigenvalue weighted by Gasteiger charge is 2.24. The first-order chi connectivity index (χ1) is 16.4.